The van der Waals surface area contributed by atoms with E-state index >= 15 is 0 Å². The maximum Gasteiger partial charge on any atom is 0.256 e. The summed E-state index contributed by atoms with van der Waals surface area (Å²) in [7, 11) is 0. The molecule has 0 aliphatic carbocycles. The van der Waals surface area contributed by atoms with Gasteiger partial charge in [-0.3, -0.25) is 18.9 Å². The molecule has 2 aromatic heterocycles. The fraction of sp³-hybridized carbons (Fsp3) is 0.632. The Kier molecular flexibility index (Phi) is 4.91. The fourth-order valence-corrected chi connectivity index (χ4v) is 3.91. The van der Waals surface area contributed by atoms with Crippen LogP contribution in [0.15, 0.2) is 17.3 Å². The van der Waals surface area contributed by atoms with Crippen LogP contribution in [-0.2, 0) is 31.0 Å². The van der Waals surface area contributed by atoms with E-state index in [0.29, 0.717) is 12.5 Å². The van der Waals surface area contributed by atoms with E-state index < -0.39 is 0 Å². The van der Waals surface area contributed by atoms with E-state index in [2.05, 4.69) is 19.7 Å². The van der Waals surface area contributed by atoms with Crippen LogP contribution >= 0.6 is 0 Å². The second kappa shape index (κ2) is 7.32. The minimum Gasteiger partial charge on any atom is -0.373 e. The van der Waals surface area contributed by atoms with Gasteiger partial charge in [-0.2, -0.15) is 5.10 Å². The SMILES string of the molecule is Cc1ncn(CC2CCN(Cc3cnn4c3COCC4)CC2)c(=O)c1C. The standard InChI is InChI=1S/C19H27N5O2/c1-14-15(2)20-13-23(19(14)25)10-16-3-5-22(6-4-16)11-17-9-21-24-7-8-26-12-18(17)24/h9,13,16H,3-8,10-12H2,1-2H3. The van der Waals surface area contributed by atoms with Crippen molar-refractivity contribution < 1.29 is 4.74 Å². The van der Waals surface area contributed by atoms with Crippen LogP contribution in [0.4, 0.5) is 0 Å². The summed E-state index contributed by atoms with van der Waals surface area (Å²) in [4.78, 5) is 19.2. The number of nitrogens with zero attached hydrogens (tertiary/aromatic N) is 5. The van der Waals surface area contributed by atoms with Crippen molar-refractivity contribution in [3.8, 4) is 0 Å². The second-order valence-corrected chi connectivity index (χ2v) is 7.52. The summed E-state index contributed by atoms with van der Waals surface area (Å²) in [5.74, 6) is 0.539. The van der Waals surface area contributed by atoms with Crippen LogP contribution in [0, 0.1) is 19.8 Å². The minimum atomic E-state index is 0.103. The highest BCUT2D eigenvalue weighted by Crippen LogP contribution is 2.22. The molecule has 0 unspecified atom stereocenters. The molecule has 0 radical (unpaired) electrons. The first-order valence-corrected chi connectivity index (χ1v) is 9.48. The molecule has 7 nitrogen and oxygen atoms in total. The minimum absolute atomic E-state index is 0.103. The Morgan fingerprint density at radius 3 is 2.85 bits per heavy atom. The molecule has 2 aromatic rings. The van der Waals surface area contributed by atoms with E-state index in [4.69, 9.17) is 4.74 Å². The average molecular weight is 357 g/mol. The van der Waals surface area contributed by atoms with Gasteiger partial charge in [0.15, 0.2) is 0 Å². The highest BCUT2D eigenvalue weighted by atomic mass is 16.5. The topological polar surface area (TPSA) is 65.2 Å². The third kappa shape index (κ3) is 3.46. The predicted octanol–water partition coefficient (Wildman–Crippen LogP) is 1.50. The number of ether oxygens (including phenoxy) is 1. The van der Waals surface area contributed by atoms with E-state index in [0.717, 1.165) is 63.4 Å². The molecule has 1 saturated heterocycles. The number of rotatable bonds is 4. The number of hydrogen-bond acceptors (Lipinski definition) is 5. The molecule has 2 aliphatic rings. The third-order valence-corrected chi connectivity index (χ3v) is 5.79. The normalized spacial score (nSPS) is 18.8. The van der Waals surface area contributed by atoms with Gasteiger partial charge < -0.3 is 4.74 Å². The quantitative estimate of drug-likeness (QED) is 0.830. The molecule has 26 heavy (non-hydrogen) atoms. The van der Waals surface area contributed by atoms with Gasteiger partial charge in [0.2, 0.25) is 0 Å². The molecule has 4 rings (SSSR count). The van der Waals surface area contributed by atoms with Crippen LogP contribution in [0.5, 0.6) is 0 Å². The zero-order chi connectivity index (χ0) is 18.1. The Balaban J connectivity index is 1.34. The molecule has 0 N–H and O–H groups in total. The molecule has 0 spiro atoms. The molecule has 2 aliphatic heterocycles. The van der Waals surface area contributed by atoms with Crippen LogP contribution < -0.4 is 5.56 Å². The van der Waals surface area contributed by atoms with Gasteiger partial charge in [0, 0.05) is 29.9 Å². The highest BCUT2D eigenvalue weighted by molar-refractivity contribution is 5.18. The van der Waals surface area contributed by atoms with E-state index in [-0.39, 0.29) is 5.56 Å². The first-order valence-electron chi connectivity index (χ1n) is 9.48. The summed E-state index contributed by atoms with van der Waals surface area (Å²) in [6, 6.07) is 0. The molecule has 140 valence electrons. The summed E-state index contributed by atoms with van der Waals surface area (Å²) < 4.78 is 9.44. The third-order valence-electron chi connectivity index (χ3n) is 5.79. The van der Waals surface area contributed by atoms with Crippen molar-refractivity contribution in [2.45, 2.75) is 52.9 Å². The van der Waals surface area contributed by atoms with Crippen molar-refractivity contribution in [1.29, 1.82) is 0 Å². The van der Waals surface area contributed by atoms with Gasteiger partial charge >= 0.3 is 0 Å². The van der Waals surface area contributed by atoms with E-state index in [1.165, 1.54) is 11.3 Å². The second-order valence-electron chi connectivity index (χ2n) is 7.52. The van der Waals surface area contributed by atoms with E-state index in [1.807, 2.05) is 20.0 Å². The molecule has 1 fully saturated rings. The van der Waals surface area contributed by atoms with Crippen LogP contribution in [0.25, 0.3) is 0 Å². The summed E-state index contributed by atoms with van der Waals surface area (Å²) in [6.07, 6.45) is 5.92. The molecule has 0 saturated carbocycles. The maximum absolute atomic E-state index is 12.4. The average Bonchev–Trinajstić information content (AvgIpc) is 3.07. The van der Waals surface area contributed by atoms with Crippen molar-refractivity contribution in [2.75, 3.05) is 19.7 Å². The molecular formula is C19H27N5O2. The van der Waals surface area contributed by atoms with Gasteiger partial charge in [-0.15, -0.1) is 0 Å². The lowest BCUT2D eigenvalue weighted by Crippen LogP contribution is -2.36. The van der Waals surface area contributed by atoms with E-state index in [1.54, 1.807) is 10.9 Å². The lowest BCUT2D eigenvalue weighted by atomic mass is 9.96. The molecule has 0 bridgehead atoms. The fourth-order valence-electron chi connectivity index (χ4n) is 3.91. The van der Waals surface area contributed by atoms with Gasteiger partial charge in [0.25, 0.3) is 5.56 Å². The molecule has 0 amide bonds. The van der Waals surface area contributed by atoms with Crippen LogP contribution in [0.3, 0.4) is 0 Å². The number of aryl methyl sites for hydroxylation is 1. The number of aromatic nitrogens is 4. The van der Waals surface area contributed by atoms with Crippen molar-refractivity contribution in [2.24, 2.45) is 5.92 Å². The number of fused-ring (bicyclic) bond motifs is 1. The van der Waals surface area contributed by atoms with Crippen LogP contribution in [-0.4, -0.2) is 43.9 Å². The van der Waals surface area contributed by atoms with Crippen molar-refractivity contribution in [3.63, 3.8) is 0 Å². The number of hydrogen-bond donors (Lipinski definition) is 0. The summed E-state index contributed by atoms with van der Waals surface area (Å²) in [5.41, 5.74) is 4.21. The van der Waals surface area contributed by atoms with Crippen LogP contribution in [0.2, 0.25) is 0 Å². The monoisotopic (exact) mass is 357 g/mol. The Hall–Kier alpha value is -1.99. The molecule has 0 aromatic carbocycles. The van der Waals surface area contributed by atoms with Crippen molar-refractivity contribution in [3.05, 3.63) is 45.4 Å². The van der Waals surface area contributed by atoms with Gasteiger partial charge in [-0.25, -0.2) is 4.98 Å². The Morgan fingerprint density at radius 1 is 1.23 bits per heavy atom. The molecule has 7 heteroatoms. The number of piperidine rings is 1. The number of likely N-dealkylation sites (tertiary alicyclic amines) is 1. The Morgan fingerprint density at radius 2 is 2.04 bits per heavy atom. The summed E-state index contributed by atoms with van der Waals surface area (Å²) in [5, 5.41) is 4.48. The van der Waals surface area contributed by atoms with Crippen LogP contribution in [0.1, 0.15) is 35.4 Å². The van der Waals surface area contributed by atoms with Gasteiger partial charge in [0.05, 0.1) is 38.0 Å². The van der Waals surface area contributed by atoms with E-state index in [9.17, 15) is 4.79 Å². The van der Waals surface area contributed by atoms with Gasteiger partial charge in [-0.1, -0.05) is 0 Å². The largest absolute Gasteiger partial charge is 0.373 e. The molecule has 4 heterocycles. The zero-order valence-corrected chi connectivity index (χ0v) is 15.6. The Labute approximate surface area is 153 Å². The first-order chi connectivity index (χ1) is 12.6. The highest BCUT2D eigenvalue weighted by Gasteiger charge is 2.23. The predicted molar refractivity (Wildman–Crippen MR) is 97.9 cm³/mol. The van der Waals surface area contributed by atoms with Crippen molar-refractivity contribution >= 4 is 0 Å². The lowest BCUT2D eigenvalue weighted by molar-refractivity contribution is 0.0782. The molecule has 0 atom stereocenters. The zero-order valence-electron chi connectivity index (χ0n) is 15.6. The lowest BCUT2D eigenvalue weighted by Gasteiger charge is -2.32. The van der Waals surface area contributed by atoms with Crippen molar-refractivity contribution in [1.82, 2.24) is 24.2 Å². The summed E-state index contributed by atoms with van der Waals surface area (Å²) >= 11 is 0. The van der Waals surface area contributed by atoms with Gasteiger partial charge in [0.1, 0.15) is 0 Å². The van der Waals surface area contributed by atoms with Gasteiger partial charge in [-0.05, 0) is 45.7 Å². The Bertz CT molecular complexity index is 833. The first kappa shape index (κ1) is 17.4. The maximum atomic E-state index is 12.4. The smallest absolute Gasteiger partial charge is 0.256 e. The molecular weight excluding hydrogens is 330 g/mol. The summed E-state index contributed by atoms with van der Waals surface area (Å²) in [6.45, 7) is 9.87.